The maximum atomic E-state index is 12.9. The van der Waals surface area contributed by atoms with Gasteiger partial charge in [-0.25, -0.2) is 4.79 Å². The fraction of sp³-hybridized carbons (Fsp3) is 0.606. The van der Waals surface area contributed by atoms with Crippen molar-refractivity contribution >= 4 is 5.97 Å². The van der Waals surface area contributed by atoms with Crippen LogP contribution in [0, 0.1) is 0 Å². The minimum Gasteiger partial charge on any atom is -0.491 e. The van der Waals surface area contributed by atoms with Gasteiger partial charge in [0.1, 0.15) is 12.3 Å². The van der Waals surface area contributed by atoms with Gasteiger partial charge in [0.15, 0.2) is 6.04 Å². The topological polar surface area (TPSA) is 35.5 Å². The molecule has 0 heterocycles. The second-order valence-corrected chi connectivity index (χ2v) is 11.1. The number of likely N-dealkylation sites (N-methyl/N-ethyl adjacent to an activating group) is 1. The van der Waals surface area contributed by atoms with E-state index in [2.05, 4.69) is 64.3 Å². The van der Waals surface area contributed by atoms with Crippen LogP contribution in [0.2, 0.25) is 0 Å². The molecule has 0 aliphatic heterocycles. The Balaban J connectivity index is 1.67. The lowest BCUT2D eigenvalue weighted by Gasteiger charge is -2.36. The zero-order valence-electron chi connectivity index (χ0n) is 24.2. The molecule has 0 aliphatic rings. The van der Waals surface area contributed by atoms with Gasteiger partial charge < -0.3 is 14.0 Å². The fourth-order valence-electron chi connectivity index (χ4n) is 5.02. The van der Waals surface area contributed by atoms with Crippen molar-refractivity contribution in [2.45, 2.75) is 110 Å². The summed E-state index contributed by atoms with van der Waals surface area (Å²) in [5.41, 5.74) is 2.60. The molecule has 2 rings (SSSR count). The van der Waals surface area contributed by atoms with E-state index < -0.39 is 0 Å². The molecule has 2 unspecified atom stereocenters. The van der Waals surface area contributed by atoms with Crippen LogP contribution in [-0.2, 0) is 22.5 Å². The van der Waals surface area contributed by atoms with Crippen LogP contribution in [0.3, 0.4) is 0 Å². The number of esters is 1. The summed E-state index contributed by atoms with van der Waals surface area (Å²) in [4.78, 5) is 12.9. The molecule has 206 valence electrons. The van der Waals surface area contributed by atoms with E-state index in [1.165, 1.54) is 62.5 Å². The minimum absolute atomic E-state index is 0.0155. The van der Waals surface area contributed by atoms with E-state index in [0.717, 1.165) is 25.1 Å². The first-order valence-corrected chi connectivity index (χ1v) is 14.6. The van der Waals surface area contributed by atoms with Crippen LogP contribution in [0.4, 0.5) is 0 Å². The molecular weight excluding hydrogens is 458 g/mol. The molecule has 4 nitrogen and oxygen atoms in total. The number of unbranched alkanes of at least 4 members (excludes halogenated alkanes) is 7. The number of ether oxygens (including phenoxy) is 2. The highest BCUT2D eigenvalue weighted by Crippen LogP contribution is 2.20. The summed E-state index contributed by atoms with van der Waals surface area (Å²) in [6, 6.07) is 18.6. The number of hydrogen-bond donors (Lipinski definition) is 0. The average Bonchev–Trinajstić information content (AvgIpc) is 2.87. The van der Waals surface area contributed by atoms with Gasteiger partial charge in [0.25, 0.3) is 0 Å². The fourth-order valence-corrected chi connectivity index (χ4v) is 5.02. The zero-order valence-corrected chi connectivity index (χ0v) is 24.2. The van der Waals surface area contributed by atoms with E-state index in [-0.39, 0.29) is 18.1 Å². The number of aryl methyl sites for hydroxylation is 1. The highest BCUT2D eigenvalue weighted by atomic mass is 16.5. The number of nitrogens with zero attached hydrogens (tertiary/aromatic N) is 1. The van der Waals surface area contributed by atoms with E-state index in [0.29, 0.717) is 17.5 Å². The molecule has 0 radical (unpaired) electrons. The van der Waals surface area contributed by atoms with Gasteiger partial charge in [-0.1, -0.05) is 101 Å². The van der Waals surface area contributed by atoms with Gasteiger partial charge in [-0.05, 0) is 37.5 Å². The number of carbonyl (C=O) groups is 1. The molecule has 0 amide bonds. The average molecular weight is 511 g/mol. The number of carbonyl (C=O) groups excluding carboxylic acids is 1. The summed E-state index contributed by atoms with van der Waals surface area (Å²) in [6.07, 6.45) is 13.3. The predicted octanol–water partition coefficient (Wildman–Crippen LogP) is 8.13. The third kappa shape index (κ3) is 12.2. The quantitative estimate of drug-likeness (QED) is 0.109. The lowest BCUT2D eigenvalue weighted by atomic mass is 10.0. The number of rotatable bonds is 19. The maximum Gasteiger partial charge on any atom is 0.364 e. The van der Waals surface area contributed by atoms with Crippen LogP contribution in [0.25, 0.3) is 0 Å². The molecule has 4 heteroatoms. The lowest BCUT2D eigenvalue weighted by Crippen LogP contribution is -2.52. The van der Waals surface area contributed by atoms with Gasteiger partial charge in [0, 0.05) is 18.4 Å². The third-order valence-electron chi connectivity index (χ3n) is 7.28. The Morgan fingerprint density at radius 2 is 1.43 bits per heavy atom. The Hall–Kier alpha value is -2.33. The van der Waals surface area contributed by atoms with E-state index in [1.54, 1.807) is 0 Å². The Labute approximate surface area is 227 Å². The molecule has 0 aliphatic carbocycles. The SMILES string of the molecule is CCCCCCCCCCc1ccc(OC(C)CCOC(=O)C(CC)[N+](C)(C)Cc2ccccc2)cc1. The lowest BCUT2D eigenvalue weighted by molar-refractivity contribution is -0.919. The number of benzene rings is 2. The molecule has 0 bridgehead atoms. The van der Waals surface area contributed by atoms with Gasteiger partial charge in [-0.15, -0.1) is 0 Å². The summed E-state index contributed by atoms with van der Waals surface area (Å²) >= 11 is 0. The van der Waals surface area contributed by atoms with Crippen LogP contribution < -0.4 is 4.74 Å². The largest absolute Gasteiger partial charge is 0.491 e. The predicted molar refractivity (Wildman–Crippen MR) is 155 cm³/mol. The summed E-state index contributed by atoms with van der Waals surface area (Å²) < 4.78 is 12.4. The highest BCUT2D eigenvalue weighted by molar-refractivity contribution is 5.74. The Kier molecular flexibility index (Phi) is 14.4. The Morgan fingerprint density at radius 1 is 0.811 bits per heavy atom. The van der Waals surface area contributed by atoms with Gasteiger partial charge in [0.2, 0.25) is 0 Å². The minimum atomic E-state index is -0.190. The van der Waals surface area contributed by atoms with E-state index in [1.807, 2.05) is 25.1 Å². The van der Waals surface area contributed by atoms with Crippen molar-refractivity contribution in [3.05, 3.63) is 65.7 Å². The van der Waals surface area contributed by atoms with Crippen molar-refractivity contribution in [3.8, 4) is 5.75 Å². The van der Waals surface area contributed by atoms with Gasteiger partial charge in [0.05, 0.1) is 26.8 Å². The molecule has 0 saturated heterocycles. The summed E-state index contributed by atoms with van der Waals surface area (Å²) in [5, 5.41) is 0. The highest BCUT2D eigenvalue weighted by Gasteiger charge is 2.35. The second kappa shape index (κ2) is 17.2. The van der Waals surface area contributed by atoms with Crippen LogP contribution in [0.15, 0.2) is 54.6 Å². The van der Waals surface area contributed by atoms with Crippen molar-refractivity contribution in [3.63, 3.8) is 0 Å². The molecule has 0 spiro atoms. The molecule has 2 atom stereocenters. The van der Waals surface area contributed by atoms with E-state index in [4.69, 9.17) is 9.47 Å². The molecule has 0 fully saturated rings. The van der Waals surface area contributed by atoms with Gasteiger partial charge >= 0.3 is 5.97 Å². The van der Waals surface area contributed by atoms with Crippen LogP contribution in [0.1, 0.15) is 96.1 Å². The van der Waals surface area contributed by atoms with E-state index in [9.17, 15) is 4.79 Å². The number of hydrogen-bond acceptors (Lipinski definition) is 3. The molecule has 0 aromatic heterocycles. The molecular formula is C33H52NO3+. The summed E-state index contributed by atoms with van der Waals surface area (Å²) in [7, 11) is 4.21. The van der Waals surface area contributed by atoms with Crippen molar-refractivity contribution in [2.24, 2.45) is 0 Å². The van der Waals surface area contributed by atoms with Crippen molar-refractivity contribution in [2.75, 3.05) is 20.7 Å². The molecule has 2 aromatic rings. The first kappa shape index (κ1) is 30.9. The summed E-state index contributed by atoms with van der Waals surface area (Å²) in [5.74, 6) is 0.756. The Bertz CT molecular complexity index is 863. The van der Waals surface area contributed by atoms with Gasteiger partial charge in [-0.2, -0.15) is 0 Å². The standard InChI is InChI=1S/C33H52NO3/c1-6-8-9-10-11-12-13-15-18-29-21-23-31(24-22-29)37-28(3)25-26-36-33(35)32(7-2)34(4,5)27-30-19-16-14-17-20-30/h14,16-17,19-24,28,32H,6-13,15,18,25-27H2,1-5H3/q+1. The molecule has 37 heavy (non-hydrogen) atoms. The Morgan fingerprint density at radius 3 is 2.05 bits per heavy atom. The summed E-state index contributed by atoms with van der Waals surface area (Å²) in [6.45, 7) is 7.53. The second-order valence-electron chi connectivity index (χ2n) is 11.1. The van der Waals surface area contributed by atoms with Crippen molar-refractivity contribution in [1.82, 2.24) is 0 Å². The smallest absolute Gasteiger partial charge is 0.364 e. The molecule has 0 N–H and O–H groups in total. The van der Waals surface area contributed by atoms with Gasteiger partial charge in [-0.3, -0.25) is 0 Å². The van der Waals surface area contributed by atoms with E-state index >= 15 is 0 Å². The third-order valence-corrected chi connectivity index (χ3v) is 7.28. The van der Waals surface area contributed by atoms with Crippen molar-refractivity contribution in [1.29, 1.82) is 0 Å². The first-order chi connectivity index (χ1) is 17.9. The van der Waals surface area contributed by atoms with Crippen LogP contribution in [-0.4, -0.2) is 43.3 Å². The zero-order chi connectivity index (χ0) is 26.9. The maximum absolute atomic E-state index is 12.9. The first-order valence-electron chi connectivity index (χ1n) is 14.6. The normalized spacial score (nSPS) is 13.2. The van der Waals surface area contributed by atoms with Crippen LogP contribution in [0.5, 0.6) is 5.75 Å². The molecule has 2 aromatic carbocycles. The molecule has 0 saturated carbocycles. The van der Waals surface area contributed by atoms with Crippen LogP contribution >= 0.6 is 0 Å². The number of quaternary nitrogens is 1. The van der Waals surface area contributed by atoms with Crippen molar-refractivity contribution < 1.29 is 18.8 Å². The monoisotopic (exact) mass is 510 g/mol.